The number of rotatable bonds is 5. The number of carbonyl (C=O) groups excluding carboxylic acids is 1. The third-order valence-corrected chi connectivity index (χ3v) is 4.36. The molecule has 0 bridgehead atoms. The van der Waals surface area contributed by atoms with Crippen molar-refractivity contribution in [3.05, 3.63) is 23.5 Å². The average Bonchev–Trinajstić information content (AvgIpc) is 3.09. The normalized spacial score (nSPS) is 18.0. The van der Waals surface area contributed by atoms with Gasteiger partial charge >= 0.3 is 0 Å². The van der Waals surface area contributed by atoms with Gasteiger partial charge in [-0.15, -0.1) is 0 Å². The summed E-state index contributed by atoms with van der Waals surface area (Å²) in [5, 5.41) is 10.5. The van der Waals surface area contributed by atoms with Crippen molar-refractivity contribution in [3.63, 3.8) is 0 Å². The second kappa shape index (κ2) is 7.75. The smallest absolute Gasteiger partial charge is 0.243 e. The van der Waals surface area contributed by atoms with Gasteiger partial charge in [-0.1, -0.05) is 10.3 Å². The zero-order valence-electron chi connectivity index (χ0n) is 14.9. The standard InChI is InChI=1S/C16H24N6O3/c1-11-9-15(25-19-11)18-16(23)12(2)22-6-4-5-21(7-8-22)10-14-17-13(3)24-20-14/h9,12H,4-8,10H2,1-3H3,(H,18,23). The fraction of sp³-hybridized carbons (Fsp3) is 0.625. The molecular formula is C16H24N6O3. The molecule has 0 aliphatic carbocycles. The Kier molecular flexibility index (Phi) is 5.44. The number of aryl methyl sites for hydroxylation is 2. The molecule has 136 valence electrons. The molecule has 2 aromatic heterocycles. The SMILES string of the molecule is Cc1cc(NC(=O)C(C)N2CCCN(Cc3noc(C)n3)CC2)on1. The molecule has 25 heavy (non-hydrogen) atoms. The van der Waals surface area contributed by atoms with Gasteiger partial charge in [0.05, 0.1) is 18.3 Å². The van der Waals surface area contributed by atoms with Gasteiger partial charge in [0.25, 0.3) is 0 Å². The third kappa shape index (κ3) is 4.64. The van der Waals surface area contributed by atoms with Gasteiger partial charge in [0.15, 0.2) is 5.82 Å². The Labute approximate surface area is 146 Å². The van der Waals surface area contributed by atoms with Gasteiger partial charge in [-0.25, -0.2) is 0 Å². The molecule has 0 radical (unpaired) electrons. The van der Waals surface area contributed by atoms with Crippen molar-refractivity contribution < 1.29 is 13.8 Å². The molecule has 3 rings (SSSR count). The van der Waals surface area contributed by atoms with Gasteiger partial charge in [-0.2, -0.15) is 4.98 Å². The molecule has 1 N–H and O–H groups in total. The fourth-order valence-corrected chi connectivity index (χ4v) is 2.96. The number of hydrogen-bond donors (Lipinski definition) is 1. The Balaban J connectivity index is 1.52. The minimum atomic E-state index is -0.238. The molecule has 0 aromatic carbocycles. The van der Waals surface area contributed by atoms with Crippen molar-refractivity contribution in [2.45, 2.75) is 39.8 Å². The number of nitrogens with zero attached hydrogens (tertiary/aromatic N) is 5. The lowest BCUT2D eigenvalue weighted by Gasteiger charge is -2.26. The van der Waals surface area contributed by atoms with E-state index in [1.165, 1.54) is 0 Å². The lowest BCUT2D eigenvalue weighted by atomic mass is 10.2. The zero-order chi connectivity index (χ0) is 17.8. The van der Waals surface area contributed by atoms with Gasteiger partial charge in [0.1, 0.15) is 0 Å². The van der Waals surface area contributed by atoms with Crippen LogP contribution in [-0.2, 0) is 11.3 Å². The summed E-state index contributed by atoms with van der Waals surface area (Å²) in [6.07, 6.45) is 0.982. The van der Waals surface area contributed by atoms with Crippen molar-refractivity contribution in [2.24, 2.45) is 0 Å². The van der Waals surface area contributed by atoms with E-state index in [2.05, 4.69) is 30.4 Å². The summed E-state index contributed by atoms with van der Waals surface area (Å²) in [5.41, 5.74) is 0.741. The van der Waals surface area contributed by atoms with Gasteiger partial charge in [0, 0.05) is 32.6 Å². The minimum Gasteiger partial charge on any atom is -0.340 e. The summed E-state index contributed by atoms with van der Waals surface area (Å²) < 4.78 is 10.1. The maximum atomic E-state index is 12.4. The largest absolute Gasteiger partial charge is 0.340 e. The Morgan fingerprint density at radius 2 is 2.08 bits per heavy atom. The van der Waals surface area contributed by atoms with E-state index in [0.29, 0.717) is 24.1 Å². The molecular weight excluding hydrogens is 324 g/mol. The highest BCUT2D eigenvalue weighted by Crippen LogP contribution is 2.13. The van der Waals surface area contributed by atoms with Crippen LogP contribution in [0.5, 0.6) is 0 Å². The molecule has 9 heteroatoms. The first kappa shape index (κ1) is 17.6. The zero-order valence-corrected chi connectivity index (χ0v) is 14.9. The van der Waals surface area contributed by atoms with Crippen LogP contribution in [0.15, 0.2) is 15.1 Å². The summed E-state index contributed by atoms with van der Waals surface area (Å²) in [6.45, 7) is 9.66. The highest BCUT2D eigenvalue weighted by Gasteiger charge is 2.25. The van der Waals surface area contributed by atoms with Crippen LogP contribution >= 0.6 is 0 Å². The number of amides is 1. The molecule has 1 aliphatic heterocycles. The summed E-state index contributed by atoms with van der Waals surface area (Å²) >= 11 is 0. The Morgan fingerprint density at radius 3 is 2.76 bits per heavy atom. The van der Waals surface area contributed by atoms with E-state index in [1.54, 1.807) is 13.0 Å². The van der Waals surface area contributed by atoms with Crippen molar-refractivity contribution in [1.82, 2.24) is 25.1 Å². The highest BCUT2D eigenvalue weighted by molar-refractivity contribution is 5.93. The maximum absolute atomic E-state index is 12.4. The van der Waals surface area contributed by atoms with Gasteiger partial charge in [-0.3, -0.25) is 19.9 Å². The molecule has 1 aliphatic rings. The van der Waals surface area contributed by atoms with E-state index in [0.717, 1.165) is 38.3 Å². The van der Waals surface area contributed by atoms with Gasteiger partial charge in [-0.05, 0) is 26.8 Å². The second-order valence-corrected chi connectivity index (χ2v) is 6.39. The van der Waals surface area contributed by atoms with E-state index < -0.39 is 0 Å². The van der Waals surface area contributed by atoms with E-state index in [1.807, 2.05) is 13.8 Å². The van der Waals surface area contributed by atoms with E-state index >= 15 is 0 Å². The summed E-state index contributed by atoms with van der Waals surface area (Å²) in [4.78, 5) is 21.1. The van der Waals surface area contributed by atoms with Gasteiger partial charge < -0.3 is 9.05 Å². The number of nitrogens with one attached hydrogen (secondary N) is 1. The van der Waals surface area contributed by atoms with Crippen LogP contribution in [0.25, 0.3) is 0 Å². The summed E-state index contributed by atoms with van der Waals surface area (Å²) in [5.74, 6) is 1.59. The lowest BCUT2D eigenvalue weighted by molar-refractivity contribution is -0.120. The van der Waals surface area contributed by atoms with E-state index in [4.69, 9.17) is 9.05 Å². The van der Waals surface area contributed by atoms with Crippen LogP contribution in [0.1, 0.15) is 30.8 Å². The quantitative estimate of drug-likeness (QED) is 0.860. The van der Waals surface area contributed by atoms with Crippen LogP contribution in [0, 0.1) is 13.8 Å². The maximum Gasteiger partial charge on any atom is 0.243 e. The molecule has 9 nitrogen and oxygen atoms in total. The highest BCUT2D eigenvalue weighted by atomic mass is 16.5. The lowest BCUT2D eigenvalue weighted by Crippen LogP contribution is -2.43. The second-order valence-electron chi connectivity index (χ2n) is 6.39. The minimum absolute atomic E-state index is 0.0848. The van der Waals surface area contributed by atoms with Gasteiger partial charge in [0.2, 0.25) is 17.7 Å². The monoisotopic (exact) mass is 348 g/mol. The molecule has 1 amide bonds. The van der Waals surface area contributed by atoms with Crippen molar-refractivity contribution >= 4 is 11.8 Å². The van der Waals surface area contributed by atoms with Crippen LogP contribution in [0.4, 0.5) is 5.88 Å². The Hall–Kier alpha value is -2.26. The van der Waals surface area contributed by atoms with Crippen LogP contribution in [0.3, 0.4) is 0 Å². The molecule has 0 spiro atoms. The Bertz CT molecular complexity index is 712. The number of hydrogen-bond acceptors (Lipinski definition) is 8. The van der Waals surface area contributed by atoms with Crippen LogP contribution in [0.2, 0.25) is 0 Å². The predicted molar refractivity (Wildman–Crippen MR) is 89.8 cm³/mol. The topological polar surface area (TPSA) is 101 Å². The van der Waals surface area contributed by atoms with Crippen molar-refractivity contribution in [1.29, 1.82) is 0 Å². The van der Waals surface area contributed by atoms with Crippen LogP contribution in [-0.4, -0.2) is 63.2 Å². The first-order valence-electron chi connectivity index (χ1n) is 8.51. The number of carbonyl (C=O) groups is 1. The van der Waals surface area contributed by atoms with Crippen molar-refractivity contribution in [2.75, 3.05) is 31.5 Å². The molecule has 1 unspecified atom stereocenters. The number of aromatic nitrogens is 3. The van der Waals surface area contributed by atoms with Crippen LogP contribution < -0.4 is 5.32 Å². The molecule has 1 saturated heterocycles. The van der Waals surface area contributed by atoms with Crippen molar-refractivity contribution in [3.8, 4) is 0 Å². The predicted octanol–water partition coefficient (Wildman–Crippen LogP) is 1.21. The van der Waals surface area contributed by atoms with E-state index in [-0.39, 0.29) is 11.9 Å². The Morgan fingerprint density at radius 1 is 1.24 bits per heavy atom. The first-order chi connectivity index (χ1) is 12.0. The average molecular weight is 348 g/mol. The molecule has 3 heterocycles. The fourth-order valence-electron chi connectivity index (χ4n) is 2.96. The molecule has 2 aromatic rings. The molecule has 1 fully saturated rings. The first-order valence-corrected chi connectivity index (χ1v) is 8.51. The molecule has 1 atom stereocenters. The molecule has 0 saturated carbocycles. The third-order valence-electron chi connectivity index (χ3n) is 4.36. The number of anilines is 1. The van der Waals surface area contributed by atoms with E-state index in [9.17, 15) is 4.79 Å². The summed E-state index contributed by atoms with van der Waals surface area (Å²) in [7, 11) is 0. The summed E-state index contributed by atoms with van der Waals surface area (Å²) in [6, 6.07) is 1.47.